The smallest absolute Gasteiger partial charge is 0.155 e. The zero-order valence-electron chi connectivity index (χ0n) is 9.86. The number of aromatic nitrogens is 2. The molecule has 0 aliphatic rings. The van der Waals surface area contributed by atoms with Crippen molar-refractivity contribution in [1.29, 1.82) is 0 Å². The van der Waals surface area contributed by atoms with E-state index in [1.54, 1.807) is 6.07 Å². The van der Waals surface area contributed by atoms with Crippen molar-refractivity contribution in [3.63, 3.8) is 0 Å². The van der Waals surface area contributed by atoms with Gasteiger partial charge in [0.15, 0.2) is 5.82 Å². The van der Waals surface area contributed by atoms with Gasteiger partial charge in [0.25, 0.3) is 0 Å². The lowest BCUT2D eigenvalue weighted by Gasteiger charge is -2.06. The summed E-state index contributed by atoms with van der Waals surface area (Å²) >= 11 is 11.9. The summed E-state index contributed by atoms with van der Waals surface area (Å²) in [7, 11) is 0. The molecule has 94 valence electrons. The van der Waals surface area contributed by atoms with Crippen LogP contribution in [0.1, 0.15) is 17.1 Å². The van der Waals surface area contributed by atoms with Gasteiger partial charge in [-0.2, -0.15) is 0 Å². The Balaban J connectivity index is 1.94. The Kier molecular flexibility index (Phi) is 4.53. The molecular formula is C13H12Cl2N2O. The Labute approximate surface area is 116 Å². The highest BCUT2D eigenvalue weighted by molar-refractivity contribution is 6.31. The lowest BCUT2D eigenvalue weighted by molar-refractivity contribution is 0.102. The van der Waals surface area contributed by atoms with Crippen molar-refractivity contribution in [2.75, 3.05) is 0 Å². The van der Waals surface area contributed by atoms with Crippen LogP contribution in [0.15, 0.2) is 30.3 Å². The van der Waals surface area contributed by atoms with E-state index in [-0.39, 0.29) is 0 Å². The average Bonchev–Trinajstić information content (AvgIpc) is 2.30. The second-order valence-corrected chi connectivity index (χ2v) is 4.63. The molecule has 0 saturated carbocycles. The number of hydrogen-bond acceptors (Lipinski definition) is 3. The number of hydrogen-bond donors (Lipinski definition) is 0. The van der Waals surface area contributed by atoms with E-state index < -0.39 is 0 Å². The molecule has 0 aliphatic carbocycles. The van der Waals surface area contributed by atoms with Gasteiger partial charge in [-0.3, -0.25) is 0 Å². The molecule has 3 nitrogen and oxygen atoms in total. The van der Waals surface area contributed by atoms with Crippen LogP contribution in [0.25, 0.3) is 0 Å². The van der Waals surface area contributed by atoms with Gasteiger partial charge in [0.2, 0.25) is 0 Å². The van der Waals surface area contributed by atoms with E-state index in [0.717, 1.165) is 11.3 Å². The molecule has 0 saturated heterocycles. The molecule has 0 atom stereocenters. The van der Waals surface area contributed by atoms with E-state index in [9.17, 15) is 0 Å². The van der Waals surface area contributed by atoms with Gasteiger partial charge >= 0.3 is 0 Å². The maximum atomic E-state index is 6.02. The number of nitrogens with zero attached hydrogens (tertiary/aromatic N) is 2. The fourth-order valence-corrected chi connectivity index (χ4v) is 1.97. The van der Waals surface area contributed by atoms with Crippen molar-refractivity contribution in [2.24, 2.45) is 0 Å². The van der Waals surface area contributed by atoms with Crippen LogP contribution < -0.4 is 0 Å². The van der Waals surface area contributed by atoms with Crippen molar-refractivity contribution in [3.05, 3.63) is 57.6 Å². The van der Waals surface area contributed by atoms with Crippen molar-refractivity contribution < 1.29 is 4.74 Å². The van der Waals surface area contributed by atoms with Crippen LogP contribution in [-0.2, 0) is 18.0 Å². The second-order valence-electron chi connectivity index (χ2n) is 3.83. The number of rotatable bonds is 4. The Morgan fingerprint density at radius 3 is 2.61 bits per heavy atom. The Hall–Kier alpha value is -1.16. The zero-order chi connectivity index (χ0) is 13.0. The second kappa shape index (κ2) is 6.14. The molecule has 2 rings (SSSR count). The molecule has 18 heavy (non-hydrogen) atoms. The third-order valence-corrected chi connectivity index (χ3v) is 2.88. The van der Waals surface area contributed by atoms with Gasteiger partial charge in [-0.05, 0) is 24.6 Å². The Morgan fingerprint density at radius 1 is 1.11 bits per heavy atom. The van der Waals surface area contributed by atoms with Crippen LogP contribution in [0.3, 0.4) is 0 Å². The van der Waals surface area contributed by atoms with Crippen molar-refractivity contribution in [3.8, 4) is 0 Å². The third kappa shape index (κ3) is 3.67. The molecule has 0 radical (unpaired) electrons. The quantitative estimate of drug-likeness (QED) is 0.800. The van der Waals surface area contributed by atoms with Crippen LogP contribution in [0.5, 0.6) is 0 Å². The lowest BCUT2D eigenvalue weighted by Crippen LogP contribution is -2.01. The monoisotopic (exact) mass is 282 g/mol. The molecule has 1 heterocycles. The minimum absolute atomic E-state index is 0.312. The molecule has 1 aromatic heterocycles. The first kappa shape index (κ1) is 13.3. The summed E-state index contributed by atoms with van der Waals surface area (Å²) in [5.41, 5.74) is 1.77. The minimum atomic E-state index is 0.312. The zero-order valence-corrected chi connectivity index (χ0v) is 11.4. The van der Waals surface area contributed by atoms with E-state index in [4.69, 9.17) is 27.9 Å². The van der Waals surface area contributed by atoms with Crippen LogP contribution in [0, 0.1) is 6.92 Å². The van der Waals surface area contributed by atoms with E-state index in [2.05, 4.69) is 9.97 Å². The Bertz CT molecular complexity index is 526. The van der Waals surface area contributed by atoms with Gasteiger partial charge in [0.1, 0.15) is 11.8 Å². The lowest BCUT2D eigenvalue weighted by atomic mass is 10.2. The largest absolute Gasteiger partial charge is 0.369 e. The molecule has 0 bridgehead atoms. The number of halogens is 2. The summed E-state index contributed by atoms with van der Waals surface area (Å²) in [6.07, 6.45) is 0. The third-order valence-electron chi connectivity index (χ3n) is 2.32. The first-order chi connectivity index (χ1) is 8.65. The predicted octanol–water partition coefficient (Wildman–Crippen LogP) is 3.81. The van der Waals surface area contributed by atoms with Gasteiger partial charge in [-0.25, -0.2) is 9.97 Å². The van der Waals surface area contributed by atoms with Gasteiger partial charge in [-0.15, -0.1) is 0 Å². The van der Waals surface area contributed by atoms with Crippen LogP contribution in [-0.4, -0.2) is 9.97 Å². The number of benzene rings is 1. The maximum Gasteiger partial charge on any atom is 0.155 e. The first-order valence-corrected chi connectivity index (χ1v) is 6.22. The van der Waals surface area contributed by atoms with Gasteiger partial charge < -0.3 is 4.74 Å². The predicted molar refractivity (Wildman–Crippen MR) is 71.7 cm³/mol. The fraction of sp³-hybridized carbons (Fsp3) is 0.231. The molecular weight excluding hydrogens is 271 g/mol. The highest BCUT2D eigenvalue weighted by atomic mass is 35.5. The summed E-state index contributed by atoms with van der Waals surface area (Å²) in [4.78, 5) is 8.32. The van der Waals surface area contributed by atoms with Gasteiger partial charge in [0, 0.05) is 10.7 Å². The molecule has 0 aliphatic heterocycles. The number of aryl methyl sites for hydroxylation is 1. The normalized spacial score (nSPS) is 10.6. The Morgan fingerprint density at radius 2 is 1.89 bits per heavy atom. The summed E-state index contributed by atoms with van der Waals surface area (Å²) < 4.78 is 5.53. The van der Waals surface area contributed by atoms with Gasteiger partial charge in [-0.1, -0.05) is 41.4 Å². The topological polar surface area (TPSA) is 35.0 Å². The molecule has 0 N–H and O–H groups in total. The van der Waals surface area contributed by atoms with Crippen LogP contribution in [0.4, 0.5) is 0 Å². The van der Waals surface area contributed by atoms with Crippen molar-refractivity contribution in [1.82, 2.24) is 9.97 Å². The van der Waals surface area contributed by atoms with E-state index >= 15 is 0 Å². The van der Waals surface area contributed by atoms with Gasteiger partial charge in [0.05, 0.1) is 6.61 Å². The van der Waals surface area contributed by atoms with E-state index in [1.807, 2.05) is 31.2 Å². The molecule has 0 spiro atoms. The van der Waals surface area contributed by atoms with E-state index in [0.29, 0.717) is 29.2 Å². The molecule has 0 amide bonds. The summed E-state index contributed by atoms with van der Waals surface area (Å²) in [6.45, 7) is 2.60. The summed E-state index contributed by atoms with van der Waals surface area (Å²) in [6, 6.07) is 9.27. The maximum absolute atomic E-state index is 6.02. The van der Waals surface area contributed by atoms with Crippen molar-refractivity contribution in [2.45, 2.75) is 20.1 Å². The standard InChI is InChI=1S/C13H12Cl2N2O/c1-9-6-12(15)17-13(16-9)8-18-7-10-4-2-3-5-11(10)14/h2-6H,7-8H2,1H3. The SMILES string of the molecule is Cc1cc(Cl)nc(COCc2ccccc2Cl)n1. The van der Waals surface area contributed by atoms with Crippen LogP contribution >= 0.6 is 23.2 Å². The average molecular weight is 283 g/mol. The highest BCUT2D eigenvalue weighted by Gasteiger charge is 2.03. The summed E-state index contributed by atoms with van der Waals surface area (Å²) in [5.74, 6) is 0.576. The van der Waals surface area contributed by atoms with Crippen molar-refractivity contribution >= 4 is 23.2 Å². The number of ether oxygens (including phenoxy) is 1. The molecule has 0 fully saturated rings. The highest BCUT2D eigenvalue weighted by Crippen LogP contribution is 2.16. The molecule has 2 aromatic rings. The molecule has 1 aromatic carbocycles. The molecule has 5 heteroatoms. The summed E-state index contributed by atoms with van der Waals surface area (Å²) in [5, 5.41) is 1.12. The molecule has 0 unspecified atom stereocenters. The minimum Gasteiger partial charge on any atom is -0.369 e. The first-order valence-electron chi connectivity index (χ1n) is 5.46. The van der Waals surface area contributed by atoms with Crippen LogP contribution in [0.2, 0.25) is 10.2 Å². The van der Waals surface area contributed by atoms with E-state index in [1.165, 1.54) is 0 Å². The fourth-order valence-electron chi connectivity index (χ4n) is 1.52.